The number of aryl methyl sites for hydroxylation is 1. The third kappa shape index (κ3) is 9.35. The number of para-hydroxylation sites is 1. The van der Waals surface area contributed by atoms with Crippen LogP contribution >= 0.6 is 8.38 Å². The van der Waals surface area contributed by atoms with E-state index in [2.05, 4.69) is 0 Å². The van der Waals surface area contributed by atoms with Crippen molar-refractivity contribution in [2.75, 3.05) is 6.16 Å². The van der Waals surface area contributed by atoms with E-state index in [9.17, 15) is 4.79 Å². The zero-order chi connectivity index (χ0) is 18.5. The Kier molecular flexibility index (Phi) is 10.7. The number of carbonyl (C=O) groups excluding carboxylic acids is 1. The third-order valence-corrected chi connectivity index (χ3v) is 4.03. The molecule has 0 aliphatic heterocycles. The first-order valence-electron chi connectivity index (χ1n) is 8.62. The molecule has 0 aliphatic rings. The number of ketones is 1. The Morgan fingerprint density at radius 2 is 1.52 bits per heavy atom. The number of hydrogen-bond acceptors (Lipinski definition) is 4. The molecule has 0 bridgehead atoms. The second kappa shape index (κ2) is 12.6. The maximum absolute atomic E-state index is 11.4. The van der Waals surface area contributed by atoms with Crippen molar-refractivity contribution < 1.29 is 19.3 Å². The summed E-state index contributed by atoms with van der Waals surface area (Å²) in [5, 5.41) is 0. The van der Waals surface area contributed by atoms with E-state index >= 15 is 0 Å². The normalized spacial score (nSPS) is 10.1. The van der Waals surface area contributed by atoms with Crippen molar-refractivity contribution >= 4 is 14.2 Å². The highest BCUT2D eigenvalue weighted by molar-refractivity contribution is 7.46. The van der Waals surface area contributed by atoms with Crippen molar-refractivity contribution in [2.45, 2.75) is 39.5 Å². The molecule has 0 unspecified atom stereocenters. The van der Waals surface area contributed by atoms with Crippen molar-refractivity contribution in [1.82, 2.24) is 0 Å². The Hall–Kier alpha value is -1.74. The van der Waals surface area contributed by atoms with Gasteiger partial charge in [-0.05, 0) is 49.1 Å². The second-order valence-electron chi connectivity index (χ2n) is 5.34. The fraction of sp³-hybridized carbons (Fsp3) is 0.350. The van der Waals surface area contributed by atoms with Crippen LogP contribution in [0.1, 0.15) is 38.7 Å². The van der Waals surface area contributed by atoms with Gasteiger partial charge in [0.25, 0.3) is 0 Å². The molecule has 0 amide bonds. The first-order chi connectivity index (χ1) is 12.1. The zero-order valence-corrected chi connectivity index (χ0v) is 15.8. The highest BCUT2D eigenvalue weighted by Gasteiger charge is 2.07. The molecule has 2 aromatic rings. The van der Waals surface area contributed by atoms with Gasteiger partial charge in [-0.3, -0.25) is 4.79 Å². The maximum Gasteiger partial charge on any atom is 0.172 e. The van der Waals surface area contributed by atoms with Gasteiger partial charge in [-0.2, -0.15) is 0 Å². The van der Waals surface area contributed by atoms with Crippen molar-refractivity contribution in [2.24, 2.45) is 0 Å². The lowest BCUT2D eigenvalue weighted by Crippen LogP contribution is -2.02. The third-order valence-electron chi connectivity index (χ3n) is 3.39. The van der Waals surface area contributed by atoms with Gasteiger partial charge in [0.2, 0.25) is 0 Å². The molecule has 0 saturated carbocycles. The van der Waals surface area contributed by atoms with Gasteiger partial charge >= 0.3 is 0 Å². The summed E-state index contributed by atoms with van der Waals surface area (Å²) in [4.78, 5) is 28.9. The highest BCUT2D eigenvalue weighted by Crippen LogP contribution is 2.24. The van der Waals surface area contributed by atoms with Crippen LogP contribution in [-0.4, -0.2) is 21.7 Å². The van der Waals surface area contributed by atoms with E-state index in [1.54, 1.807) is 0 Å². The summed E-state index contributed by atoms with van der Waals surface area (Å²) < 4.78 is 5.74. The summed E-state index contributed by atoms with van der Waals surface area (Å²) in [5.74, 6) is 1.54. The maximum atomic E-state index is 11.4. The van der Waals surface area contributed by atoms with E-state index in [0.717, 1.165) is 30.8 Å². The smallest absolute Gasteiger partial charge is 0.172 e. The van der Waals surface area contributed by atoms with Crippen molar-refractivity contribution in [3.8, 4) is 11.5 Å². The van der Waals surface area contributed by atoms with E-state index in [1.165, 1.54) is 5.56 Å². The molecule has 25 heavy (non-hydrogen) atoms. The number of carbonyl (C=O) groups is 1. The number of Topliss-reactive ketones (excluding diaryl/α,β-unsaturated/α-hetero) is 1. The first-order valence-corrected chi connectivity index (χ1v) is 10.1. The van der Waals surface area contributed by atoms with E-state index in [-0.39, 0.29) is 11.9 Å². The minimum Gasteiger partial charge on any atom is -0.457 e. The van der Waals surface area contributed by atoms with Gasteiger partial charge in [-0.25, -0.2) is 0 Å². The minimum atomic E-state index is -2.09. The Morgan fingerprint density at radius 1 is 0.920 bits per heavy atom. The molecule has 136 valence electrons. The molecular weight excluding hydrogens is 335 g/mol. The lowest BCUT2D eigenvalue weighted by Gasteiger charge is -2.07. The van der Waals surface area contributed by atoms with Crippen molar-refractivity contribution in [3.63, 3.8) is 0 Å². The lowest BCUT2D eigenvalue weighted by molar-refractivity contribution is -0.116. The lowest BCUT2D eigenvalue weighted by atomic mass is 10.1. The van der Waals surface area contributed by atoms with Crippen LogP contribution in [0.2, 0.25) is 0 Å². The minimum absolute atomic E-state index is 0.0762. The quantitative estimate of drug-likeness (QED) is 0.482. The number of rotatable bonds is 9. The molecule has 0 atom stereocenters. The molecule has 2 N–H and O–H groups in total. The average molecular weight is 362 g/mol. The molecule has 2 rings (SSSR count). The van der Waals surface area contributed by atoms with Crippen LogP contribution in [0, 0.1) is 0 Å². The molecule has 0 radical (unpaired) electrons. The molecular formula is C20H27O4P. The number of benzene rings is 2. The topological polar surface area (TPSA) is 66.8 Å². The molecule has 2 aromatic carbocycles. The van der Waals surface area contributed by atoms with Gasteiger partial charge < -0.3 is 14.5 Å². The number of hydrogen-bond donors (Lipinski definition) is 2. The highest BCUT2D eigenvalue weighted by atomic mass is 31.2. The second-order valence-corrected chi connectivity index (χ2v) is 6.40. The summed E-state index contributed by atoms with van der Waals surface area (Å²) in [6.45, 7) is 4.00. The van der Waals surface area contributed by atoms with E-state index in [0.29, 0.717) is 6.42 Å². The summed E-state index contributed by atoms with van der Waals surface area (Å²) in [6, 6.07) is 17.6. The van der Waals surface area contributed by atoms with Gasteiger partial charge in [0, 0.05) is 6.42 Å². The van der Waals surface area contributed by atoms with Crippen LogP contribution in [0.15, 0.2) is 54.6 Å². The Balaban J connectivity index is 0.00000151. The number of ether oxygens (including phenoxy) is 1. The predicted octanol–water partition coefficient (Wildman–Crippen LogP) is 5.08. The van der Waals surface area contributed by atoms with Crippen LogP contribution in [0.4, 0.5) is 0 Å². The van der Waals surface area contributed by atoms with E-state index < -0.39 is 8.38 Å². The van der Waals surface area contributed by atoms with Crippen molar-refractivity contribution in [1.29, 1.82) is 0 Å². The van der Waals surface area contributed by atoms with E-state index in [1.807, 2.05) is 68.4 Å². The fourth-order valence-electron chi connectivity index (χ4n) is 2.24. The standard InChI is InChI=1S/C18H21O4P.C2H6/c19-16(14-23(20)21)7-5-4-6-15-10-12-18(13-11-15)22-17-8-2-1-3-9-17;1-2/h1-3,8-13,20-21H,4-7,14H2;1-2H3. The van der Waals surface area contributed by atoms with Crippen molar-refractivity contribution in [3.05, 3.63) is 60.2 Å². The molecule has 0 fully saturated rings. The van der Waals surface area contributed by atoms with Gasteiger partial charge in [-0.15, -0.1) is 0 Å². The first kappa shape index (κ1) is 21.3. The molecule has 0 spiro atoms. The molecule has 0 saturated heterocycles. The number of unbranched alkanes of at least 4 members (excludes halogenated alkanes) is 1. The van der Waals surface area contributed by atoms with Gasteiger partial charge in [0.1, 0.15) is 17.3 Å². The SMILES string of the molecule is CC.O=C(CCCCc1ccc(Oc2ccccc2)cc1)CP(O)O. The summed E-state index contributed by atoms with van der Waals surface area (Å²) in [7, 11) is -2.09. The Labute approximate surface area is 151 Å². The van der Waals surface area contributed by atoms with Crippen LogP contribution in [0.25, 0.3) is 0 Å². The summed E-state index contributed by atoms with van der Waals surface area (Å²) in [5.41, 5.74) is 1.20. The fourth-order valence-corrected chi connectivity index (χ4v) is 2.71. The van der Waals surface area contributed by atoms with Crippen LogP contribution in [0.5, 0.6) is 11.5 Å². The predicted molar refractivity (Wildman–Crippen MR) is 103 cm³/mol. The molecule has 0 aliphatic carbocycles. The monoisotopic (exact) mass is 362 g/mol. The molecule has 5 heteroatoms. The summed E-state index contributed by atoms with van der Waals surface area (Å²) in [6.07, 6.45) is 2.87. The van der Waals surface area contributed by atoms with E-state index in [4.69, 9.17) is 14.5 Å². The van der Waals surface area contributed by atoms with Gasteiger partial charge in [0.15, 0.2) is 8.38 Å². The average Bonchev–Trinajstić information content (AvgIpc) is 2.62. The van der Waals surface area contributed by atoms with Crippen LogP contribution in [-0.2, 0) is 11.2 Å². The van der Waals surface area contributed by atoms with Crippen LogP contribution in [0.3, 0.4) is 0 Å². The molecule has 0 heterocycles. The zero-order valence-electron chi connectivity index (χ0n) is 14.9. The largest absolute Gasteiger partial charge is 0.457 e. The van der Waals surface area contributed by atoms with Gasteiger partial charge in [-0.1, -0.05) is 44.2 Å². The van der Waals surface area contributed by atoms with Gasteiger partial charge in [0.05, 0.1) is 6.16 Å². The summed E-state index contributed by atoms with van der Waals surface area (Å²) >= 11 is 0. The van der Waals surface area contributed by atoms with Crippen LogP contribution < -0.4 is 4.74 Å². The Bertz CT molecular complexity index is 597. The molecule has 4 nitrogen and oxygen atoms in total. The Morgan fingerprint density at radius 3 is 2.12 bits per heavy atom. The molecule has 0 aromatic heterocycles.